The number of rotatable bonds is 4. The van der Waals surface area contributed by atoms with Crippen LogP contribution in [-0.4, -0.2) is 32.8 Å². The van der Waals surface area contributed by atoms with Crippen LogP contribution in [0.15, 0.2) is 18.2 Å². The molecule has 0 bridgehead atoms. The maximum atomic E-state index is 13.5. The molecule has 0 aliphatic carbocycles. The average molecular weight is 268 g/mol. The summed E-state index contributed by atoms with van der Waals surface area (Å²) in [5.74, 6) is -2.07. The van der Waals surface area contributed by atoms with Gasteiger partial charge in [0, 0.05) is 5.56 Å². The molecule has 0 fully saturated rings. The topological polar surface area (TPSA) is 69.9 Å². The molecule has 1 aromatic carbocycles. The maximum absolute atomic E-state index is 13.5. The third kappa shape index (κ3) is 2.90. The van der Waals surface area contributed by atoms with Crippen LogP contribution in [-0.2, 0) is 11.3 Å². The molecule has 0 spiro atoms. The lowest BCUT2D eigenvalue weighted by Gasteiger charge is -2.05. The molecule has 100 valence electrons. The van der Waals surface area contributed by atoms with Crippen LogP contribution in [0, 0.1) is 11.6 Å². The summed E-state index contributed by atoms with van der Waals surface area (Å²) in [7, 11) is 0. The first-order valence-corrected chi connectivity index (χ1v) is 5.49. The standard InChI is InChI=1S/C11H10F2N4O2/c1-2-19-11(18)10-14-15-16-17(10)6-7-5-8(12)3-4-9(7)13/h3-5H,2,6H2,1H3. The largest absolute Gasteiger partial charge is 0.460 e. The van der Waals surface area contributed by atoms with E-state index in [4.69, 9.17) is 4.74 Å². The Kier molecular flexibility index (Phi) is 3.79. The normalized spacial score (nSPS) is 10.5. The lowest BCUT2D eigenvalue weighted by molar-refractivity contribution is 0.0505. The smallest absolute Gasteiger partial charge is 0.378 e. The minimum absolute atomic E-state index is 0.0397. The molecule has 1 aromatic heterocycles. The predicted octanol–water partition coefficient (Wildman–Crippen LogP) is 1.18. The van der Waals surface area contributed by atoms with Crippen LogP contribution in [0.3, 0.4) is 0 Å². The minimum atomic E-state index is -0.718. The second-order valence-electron chi connectivity index (χ2n) is 3.62. The Morgan fingerprint density at radius 3 is 2.95 bits per heavy atom. The molecule has 0 saturated carbocycles. The van der Waals surface area contributed by atoms with Gasteiger partial charge in [-0.25, -0.2) is 18.3 Å². The van der Waals surface area contributed by atoms with Gasteiger partial charge in [-0.05, 0) is 35.5 Å². The second kappa shape index (κ2) is 5.51. The monoisotopic (exact) mass is 268 g/mol. The van der Waals surface area contributed by atoms with E-state index in [2.05, 4.69) is 15.5 Å². The van der Waals surface area contributed by atoms with Crippen LogP contribution < -0.4 is 0 Å². The molecule has 1 heterocycles. The quantitative estimate of drug-likeness (QED) is 0.779. The lowest BCUT2D eigenvalue weighted by Crippen LogP contribution is -2.15. The highest BCUT2D eigenvalue weighted by Crippen LogP contribution is 2.11. The number of hydrogen-bond acceptors (Lipinski definition) is 5. The summed E-state index contributed by atoms with van der Waals surface area (Å²) < 4.78 is 32.3. The molecule has 0 saturated heterocycles. The first kappa shape index (κ1) is 13.1. The third-order valence-corrected chi connectivity index (χ3v) is 2.32. The van der Waals surface area contributed by atoms with Crippen LogP contribution in [0.25, 0.3) is 0 Å². The molecule has 0 radical (unpaired) electrons. The number of esters is 1. The fourth-order valence-electron chi connectivity index (χ4n) is 1.48. The molecule has 0 aliphatic rings. The Labute approximate surface area is 107 Å². The van der Waals surface area contributed by atoms with Crippen molar-refractivity contribution in [3.05, 3.63) is 41.2 Å². The zero-order chi connectivity index (χ0) is 13.8. The number of nitrogens with zero attached hydrogens (tertiary/aromatic N) is 4. The molecule has 2 rings (SSSR count). The van der Waals surface area contributed by atoms with Crippen molar-refractivity contribution in [2.24, 2.45) is 0 Å². The van der Waals surface area contributed by atoms with Crippen LogP contribution in [0.2, 0.25) is 0 Å². The Balaban J connectivity index is 2.26. The second-order valence-corrected chi connectivity index (χ2v) is 3.62. The number of hydrogen-bond donors (Lipinski definition) is 0. The van der Waals surface area contributed by atoms with Gasteiger partial charge in [-0.1, -0.05) is 0 Å². The van der Waals surface area contributed by atoms with Crippen molar-refractivity contribution in [1.82, 2.24) is 20.2 Å². The van der Waals surface area contributed by atoms with Gasteiger partial charge in [0.05, 0.1) is 13.2 Å². The zero-order valence-corrected chi connectivity index (χ0v) is 10.0. The van der Waals surface area contributed by atoms with E-state index < -0.39 is 17.6 Å². The van der Waals surface area contributed by atoms with Gasteiger partial charge < -0.3 is 4.74 Å². The van der Waals surface area contributed by atoms with E-state index in [9.17, 15) is 13.6 Å². The summed E-state index contributed by atoms with van der Waals surface area (Å²) in [6.07, 6.45) is 0. The molecule has 2 aromatic rings. The highest BCUT2D eigenvalue weighted by atomic mass is 19.1. The maximum Gasteiger partial charge on any atom is 0.378 e. The van der Waals surface area contributed by atoms with Gasteiger partial charge >= 0.3 is 5.97 Å². The van der Waals surface area contributed by atoms with Gasteiger partial charge in [-0.15, -0.1) is 5.10 Å². The van der Waals surface area contributed by atoms with Crippen molar-refractivity contribution < 1.29 is 18.3 Å². The van der Waals surface area contributed by atoms with Crippen molar-refractivity contribution >= 4 is 5.97 Å². The van der Waals surface area contributed by atoms with Crippen LogP contribution in [0.4, 0.5) is 8.78 Å². The van der Waals surface area contributed by atoms with Crippen molar-refractivity contribution in [2.45, 2.75) is 13.5 Å². The van der Waals surface area contributed by atoms with Gasteiger partial charge in [-0.2, -0.15) is 0 Å². The van der Waals surface area contributed by atoms with Gasteiger partial charge in [0.15, 0.2) is 0 Å². The minimum Gasteiger partial charge on any atom is -0.460 e. The van der Waals surface area contributed by atoms with E-state index in [0.717, 1.165) is 22.9 Å². The summed E-state index contributed by atoms with van der Waals surface area (Å²) in [6, 6.07) is 3.02. The van der Waals surface area contributed by atoms with Crippen molar-refractivity contribution in [3.63, 3.8) is 0 Å². The van der Waals surface area contributed by atoms with E-state index in [0.29, 0.717) is 0 Å². The Bertz CT molecular complexity index is 600. The van der Waals surface area contributed by atoms with E-state index in [1.165, 1.54) is 0 Å². The first-order valence-electron chi connectivity index (χ1n) is 5.49. The molecule has 0 amide bonds. The lowest BCUT2D eigenvalue weighted by atomic mass is 10.2. The Morgan fingerprint density at radius 1 is 1.42 bits per heavy atom. The fraction of sp³-hybridized carbons (Fsp3) is 0.273. The van der Waals surface area contributed by atoms with Crippen molar-refractivity contribution in [3.8, 4) is 0 Å². The molecule has 0 atom stereocenters. The number of benzene rings is 1. The zero-order valence-electron chi connectivity index (χ0n) is 10.0. The summed E-state index contributed by atoms with van der Waals surface area (Å²) in [4.78, 5) is 11.5. The third-order valence-electron chi connectivity index (χ3n) is 2.32. The SMILES string of the molecule is CCOC(=O)c1nnnn1Cc1cc(F)ccc1F. The summed E-state index contributed by atoms with van der Waals surface area (Å²) in [6.45, 7) is 1.64. The molecule has 0 N–H and O–H groups in total. The molecule has 8 heteroatoms. The van der Waals surface area contributed by atoms with Crippen molar-refractivity contribution in [2.75, 3.05) is 6.61 Å². The first-order chi connectivity index (χ1) is 9.11. The highest BCUT2D eigenvalue weighted by Gasteiger charge is 2.17. The summed E-state index contributed by atoms with van der Waals surface area (Å²) in [5, 5.41) is 10.4. The summed E-state index contributed by atoms with van der Waals surface area (Å²) >= 11 is 0. The predicted molar refractivity (Wildman–Crippen MR) is 59.2 cm³/mol. The van der Waals surface area contributed by atoms with Crippen LogP contribution in [0.1, 0.15) is 23.1 Å². The van der Waals surface area contributed by atoms with Gasteiger partial charge in [0.25, 0.3) is 5.82 Å². The van der Waals surface area contributed by atoms with Crippen LogP contribution in [0.5, 0.6) is 0 Å². The van der Waals surface area contributed by atoms with E-state index in [1.54, 1.807) is 6.92 Å². The molecule has 19 heavy (non-hydrogen) atoms. The molecule has 6 nitrogen and oxygen atoms in total. The molecule has 0 aliphatic heterocycles. The van der Waals surface area contributed by atoms with Crippen LogP contribution >= 0.6 is 0 Å². The molecular weight excluding hydrogens is 258 g/mol. The number of tetrazole rings is 1. The number of ether oxygens (including phenoxy) is 1. The van der Waals surface area contributed by atoms with Gasteiger partial charge in [0.1, 0.15) is 11.6 Å². The number of carbonyl (C=O) groups excluding carboxylic acids is 1. The fourth-order valence-corrected chi connectivity index (χ4v) is 1.48. The number of carbonyl (C=O) groups is 1. The van der Waals surface area contributed by atoms with E-state index >= 15 is 0 Å². The average Bonchev–Trinajstić information content (AvgIpc) is 2.82. The molecule has 0 unspecified atom stereocenters. The molecular formula is C11H10F2N4O2. The van der Waals surface area contributed by atoms with Gasteiger partial charge in [0.2, 0.25) is 0 Å². The van der Waals surface area contributed by atoms with E-state index in [1.807, 2.05) is 0 Å². The van der Waals surface area contributed by atoms with E-state index in [-0.39, 0.29) is 24.5 Å². The Morgan fingerprint density at radius 2 is 2.21 bits per heavy atom. The Hall–Kier alpha value is -2.38. The summed E-state index contributed by atoms with van der Waals surface area (Å²) in [5.41, 5.74) is 0.0397. The number of aromatic nitrogens is 4. The highest BCUT2D eigenvalue weighted by molar-refractivity contribution is 5.85. The number of halogens is 2. The van der Waals surface area contributed by atoms with Gasteiger partial charge in [-0.3, -0.25) is 0 Å². The van der Waals surface area contributed by atoms with Crippen molar-refractivity contribution in [1.29, 1.82) is 0 Å².